The SMILES string of the molecule is CCCC(C(=O)Nc1cccc(C)n1)c1ccccc1. The summed E-state index contributed by atoms with van der Waals surface area (Å²) >= 11 is 0. The fourth-order valence-corrected chi connectivity index (χ4v) is 2.25. The summed E-state index contributed by atoms with van der Waals surface area (Å²) < 4.78 is 0. The number of nitrogens with one attached hydrogen (secondary N) is 1. The molecule has 0 fully saturated rings. The summed E-state index contributed by atoms with van der Waals surface area (Å²) in [4.78, 5) is 16.8. The van der Waals surface area contributed by atoms with Crippen LogP contribution in [0.15, 0.2) is 48.5 Å². The Bertz CT molecular complexity index is 566. The second-order valence-corrected chi connectivity index (χ2v) is 4.91. The minimum Gasteiger partial charge on any atom is -0.310 e. The second kappa shape index (κ2) is 6.85. The van der Waals surface area contributed by atoms with Gasteiger partial charge in [0.15, 0.2) is 0 Å². The van der Waals surface area contributed by atoms with Crippen LogP contribution in [-0.4, -0.2) is 10.9 Å². The number of aryl methyl sites for hydroxylation is 1. The number of carbonyl (C=O) groups excluding carboxylic acids is 1. The Morgan fingerprint density at radius 3 is 2.55 bits per heavy atom. The molecule has 0 aliphatic rings. The number of rotatable bonds is 5. The monoisotopic (exact) mass is 268 g/mol. The van der Waals surface area contributed by atoms with Gasteiger partial charge in [0.2, 0.25) is 5.91 Å². The van der Waals surface area contributed by atoms with Gasteiger partial charge in [-0.15, -0.1) is 0 Å². The normalized spacial score (nSPS) is 11.9. The third-order valence-corrected chi connectivity index (χ3v) is 3.24. The van der Waals surface area contributed by atoms with Crippen molar-refractivity contribution in [1.82, 2.24) is 4.98 Å². The van der Waals surface area contributed by atoms with Crippen LogP contribution in [0.2, 0.25) is 0 Å². The topological polar surface area (TPSA) is 42.0 Å². The van der Waals surface area contributed by atoms with Gasteiger partial charge in [-0.2, -0.15) is 0 Å². The van der Waals surface area contributed by atoms with Crippen molar-refractivity contribution in [2.75, 3.05) is 5.32 Å². The van der Waals surface area contributed by atoms with Gasteiger partial charge >= 0.3 is 0 Å². The smallest absolute Gasteiger partial charge is 0.233 e. The fourth-order valence-electron chi connectivity index (χ4n) is 2.25. The summed E-state index contributed by atoms with van der Waals surface area (Å²) in [7, 11) is 0. The van der Waals surface area contributed by atoms with Crippen LogP contribution in [0.3, 0.4) is 0 Å². The minimum atomic E-state index is -0.122. The maximum atomic E-state index is 12.5. The van der Waals surface area contributed by atoms with Crippen molar-refractivity contribution in [2.24, 2.45) is 0 Å². The van der Waals surface area contributed by atoms with Crippen molar-refractivity contribution in [1.29, 1.82) is 0 Å². The number of carbonyl (C=O) groups is 1. The van der Waals surface area contributed by atoms with Gasteiger partial charge in [-0.1, -0.05) is 49.7 Å². The molecule has 0 radical (unpaired) electrons. The molecule has 1 N–H and O–H groups in total. The summed E-state index contributed by atoms with van der Waals surface area (Å²) in [6.07, 6.45) is 1.80. The van der Waals surface area contributed by atoms with Gasteiger partial charge in [-0.05, 0) is 31.0 Å². The van der Waals surface area contributed by atoms with E-state index < -0.39 is 0 Å². The van der Waals surface area contributed by atoms with Crippen molar-refractivity contribution >= 4 is 11.7 Å². The fraction of sp³-hybridized carbons (Fsp3) is 0.294. The van der Waals surface area contributed by atoms with E-state index in [1.807, 2.05) is 55.5 Å². The Kier molecular flexibility index (Phi) is 4.88. The van der Waals surface area contributed by atoms with Crippen LogP contribution in [0.1, 0.15) is 36.9 Å². The van der Waals surface area contributed by atoms with Crippen LogP contribution in [0.5, 0.6) is 0 Å². The molecule has 2 rings (SSSR count). The average molecular weight is 268 g/mol. The molecule has 1 aromatic carbocycles. The lowest BCUT2D eigenvalue weighted by Gasteiger charge is -2.16. The zero-order valence-corrected chi connectivity index (χ0v) is 12.0. The number of amides is 1. The van der Waals surface area contributed by atoms with Gasteiger partial charge in [0.1, 0.15) is 5.82 Å². The van der Waals surface area contributed by atoms with Crippen LogP contribution < -0.4 is 5.32 Å². The number of nitrogens with zero attached hydrogens (tertiary/aromatic N) is 1. The van der Waals surface area contributed by atoms with E-state index in [0.717, 1.165) is 24.1 Å². The van der Waals surface area contributed by atoms with Crippen LogP contribution >= 0.6 is 0 Å². The van der Waals surface area contributed by atoms with E-state index >= 15 is 0 Å². The molecule has 3 nitrogen and oxygen atoms in total. The van der Waals surface area contributed by atoms with E-state index in [-0.39, 0.29) is 11.8 Å². The molecule has 0 aliphatic carbocycles. The molecule has 1 heterocycles. The zero-order valence-electron chi connectivity index (χ0n) is 12.0. The minimum absolute atomic E-state index is 0.0103. The maximum absolute atomic E-state index is 12.5. The molecule has 104 valence electrons. The van der Waals surface area contributed by atoms with Gasteiger partial charge in [0.05, 0.1) is 5.92 Å². The lowest BCUT2D eigenvalue weighted by Crippen LogP contribution is -2.21. The summed E-state index contributed by atoms with van der Waals surface area (Å²) in [5, 5.41) is 2.92. The van der Waals surface area contributed by atoms with E-state index in [1.165, 1.54) is 0 Å². The zero-order chi connectivity index (χ0) is 14.4. The van der Waals surface area contributed by atoms with Crippen LogP contribution in [0.25, 0.3) is 0 Å². The first-order valence-electron chi connectivity index (χ1n) is 7.00. The quantitative estimate of drug-likeness (QED) is 0.893. The van der Waals surface area contributed by atoms with Gasteiger partial charge < -0.3 is 5.32 Å². The van der Waals surface area contributed by atoms with Crippen LogP contribution in [0, 0.1) is 6.92 Å². The van der Waals surface area contributed by atoms with Crippen LogP contribution in [0.4, 0.5) is 5.82 Å². The lowest BCUT2D eigenvalue weighted by molar-refractivity contribution is -0.117. The Labute approximate surface area is 120 Å². The molecule has 1 aromatic heterocycles. The average Bonchev–Trinajstić information content (AvgIpc) is 2.45. The highest BCUT2D eigenvalue weighted by molar-refractivity contribution is 5.95. The number of hydrogen-bond donors (Lipinski definition) is 1. The number of anilines is 1. The van der Waals surface area contributed by atoms with Crippen molar-refractivity contribution in [3.8, 4) is 0 Å². The summed E-state index contributed by atoms with van der Waals surface area (Å²) in [6, 6.07) is 15.5. The van der Waals surface area contributed by atoms with Gasteiger partial charge in [0.25, 0.3) is 0 Å². The molecule has 20 heavy (non-hydrogen) atoms. The predicted molar refractivity (Wildman–Crippen MR) is 81.7 cm³/mol. The number of aromatic nitrogens is 1. The third kappa shape index (κ3) is 3.67. The second-order valence-electron chi connectivity index (χ2n) is 4.91. The predicted octanol–water partition coefficient (Wildman–Crippen LogP) is 3.91. The Morgan fingerprint density at radius 1 is 1.15 bits per heavy atom. The first-order chi connectivity index (χ1) is 9.70. The van der Waals surface area contributed by atoms with E-state index in [0.29, 0.717) is 5.82 Å². The van der Waals surface area contributed by atoms with Crippen molar-refractivity contribution in [3.63, 3.8) is 0 Å². The summed E-state index contributed by atoms with van der Waals surface area (Å²) in [5.74, 6) is 0.506. The molecule has 3 heteroatoms. The molecule has 2 aromatic rings. The Hall–Kier alpha value is -2.16. The van der Waals surface area contributed by atoms with Gasteiger partial charge in [-0.3, -0.25) is 4.79 Å². The molecule has 1 atom stereocenters. The highest BCUT2D eigenvalue weighted by atomic mass is 16.1. The van der Waals surface area contributed by atoms with Crippen LogP contribution in [-0.2, 0) is 4.79 Å². The van der Waals surface area contributed by atoms with E-state index in [1.54, 1.807) is 0 Å². The molecule has 1 amide bonds. The molecule has 1 unspecified atom stereocenters. The molecule has 0 bridgehead atoms. The van der Waals surface area contributed by atoms with E-state index in [4.69, 9.17) is 0 Å². The number of hydrogen-bond acceptors (Lipinski definition) is 2. The van der Waals surface area contributed by atoms with Crippen molar-refractivity contribution in [3.05, 3.63) is 59.8 Å². The molecule has 0 saturated carbocycles. The van der Waals surface area contributed by atoms with Crippen molar-refractivity contribution < 1.29 is 4.79 Å². The molecule has 0 spiro atoms. The number of pyridine rings is 1. The third-order valence-electron chi connectivity index (χ3n) is 3.24. The highest BCUT2D eigenvalue weighted by Crippen LogP contribution is 2.22. The van der Waals surface area contributed by atoms with Gasteiger partial charge in [0, 0.05) is 5.69 Å². The lowest BCUT2D eigenvalue weighted by atomic mass is 9.93. The molecule has 0 aliphatic heterocycles. The maximum Gasteiger partial charge on any atom is 0.233 e. The summed E-state index contributed by atoms with van der Waals surface area (Å²) in [6.45, 7) is 4.00. The first kappa shape index (κ1) is 14.3. The van der Waals surface area contributed by atoms with Gasteiger partial charge in [-0.25, -0.2) is 4.98 Å². The van der Waals surface area contributed by atoms with E-state index in [2.05, 4.69) is 17.2 Å². The largest absolute Gasteiger partial charge is 0.310 e. The Morgan fingerprint density at radius 2 is 1.90 bits per heavy atom. The molecular weight excluding hydrogens is 248 g/mol. The Balaban J connectivity index is 2.15. The highest BCUT2D eigenvalue weighted by Gasteiger charge is 2.19. The van der Waals surface area contributed by atoms with Crippen molar-refractivity contribution in [2.45, 2.75) is 32.6 Å². The standard InChI is InChI=1S/C17H20N2O/c1-3-8-15(14-10-5-4-6-11-14)17(20)19-16-12-7-9-13(2)18-16/h4-7,9-12,15H,3,8H2,1-2H3,(H,18,19,20). The number of benzene rings is 1. The van der Waals surface area contributed by atoms with E-state index in [9.17, 15) is 4.79 Å². The summed E-state index contributed by atoms with van der Waals surface area (Å²) in [5.41, 5.74) is 1.95. The first-order valence-corrected chi connectivity index (χ1v) is 7.00. The molecule has 0 saturated heterocycles. The molecular formula is C17H20N2O.